The molecule has 5 heteroatoms. The van der Waals surface area contributed by atoms with E-state index in [0.29, 0.717) is 12.2 Å². The minimum atomic E-state index is -0.311. The highest BCUT2D eigenvalue weighted by molar-refractivity contribution is 6.05. The normalized spacial score (nSPS) is 14.6. The summed E-state index contributed by atoms with van der Waals surface area (Å²) >= 11 is 0. The second-order valence-corrected chi connectivity index (χ2v) is 7.13. The maximum absolute atomic E-state index is 11.9. The van der Waals surface area contributed by atoms with Crippen LogP contribution in [0.4, 0.5) is 5.69 Å². The third-order valence-corrected chi connectivity index (χ3v) is 5.08. The van der Waals surface area contributed by atoms with Crippen LogP contribution in [0.5, 0.6) is 5.75 Å². The van der Waals surface area contributed by atoms with Crippen molar-refractivity contribution < 1.29 is 42.8 Å². The van der Waals surface area contributed by atoms with Gasteiger partial charge in [0.25, 0.3) is 0 Å². The number of carbonyl (C=O) groups excluding carboxylic acids is 1. The second kappa shape index (κ2) is 8.90. The summed E-state index contributed by atoms with van der Waals surface area (Å²) in [6.07, 6.45) is 4.25. The van der Waals surface area contributed by atoms with Crippen LogP contribution in [0.25, 0.3) is 6.08 Å². The van der Waals surface area contributed by atoms with Gasteiger partial charge in [-0.25, -0.2) is 4.79 Å². The number of ether oxygens (including phenoxy) is 2. The molecule has 0 aromatic heterocycles. The molecule has 0 atom stereocenters. The number of allylic oxidation sites excluding steroid dienone is 1. The lowest BCUT2D eigenvalue weighted by atomic mass is 9.80. The van der Waals surface area contributed by atoms with Gasteiger partial charge in [-0.15, -0.1) is 0 Å². The van der Waals surface area contributed by atoms with Crippen LogP contribution in [0.1, 0.15) is 42.3 Å². The van der Waals surface area contributed by atoms with Crippen molar-refractivity contribution in [2.75, 3.05) is 20.8 Å². The number of benzene rings is 2. The summed E-state index contributed by atoms with van der Waals surface area (Å²) in [6.45, 7) is 6.99. The zero-order valence-electron chi connectivity index (χ0n) is 17.0. The van der Waals surface area contributed by atoms with Crippen LogP contribution in [0.15, 0.2) is 48.5 Å². The fraction of sp³-hybridized carbons (Fsp3) is 0.304. The number of fused-ring (bicyclic) bond motifs is 1. The first kappa shape index (κ1) is 22.1. The fourth-order valence-corrected chi connectivity index (χ4v) is 3.60. The summed E-state index contributed by atoms with van der Waals surface area (Å²) in [5, 5.41) is 0. The van der Waals surface area contributed by atoms with E-state index in [4.69, 9.17) is 9.47 Å². The fourth-order valence-electron chi connectivity index (χ4n) is 3.60. The highest BCUT2D eigenvalue weighted by atomic mass is 127. The maximum atomic E-state index is 11.9. The molecule has 28 heavy (non-hydrogen) atoms. The van der Waals surface area contributed by atoms with Crippen LogP contribution >= 0.6 is 0 Å². The van der Waals surface area contributed by atoms with Crippen LogP contribution in [0.2, 0.25) is 0 Å². The van der Waals surface area contributed by atoms with E-state index >= 15 is 0 Å². The molecular formula is C23H26INO3. The van der Waals surface area contributed by atoms with E-state index in [-0.39, 0.29) is 35.4 Å². The molecule has 0 radical (unpaired) electrons. The Labute approximate surface area is 183 Å². The standard InChI is InChI=1S/C23H26NO3.HI/c1-6-27-18-11-7-16(8-12-18)9-14-21-23(2,3)19-15-17(22(25)26-5)10-13-20(19)24(21)4;/h7-15H,6H2,1-5H3;1H/q+1;/p-1/b14-9+;. The smallest absolute Gasteiger partial charge is 0.337 e. The van der Waals surface area contributed by atoms with Crippen molar-refractivity contribution in [3.05, 3.63) is 65.2 Å². The number of carbonyl (C=O) groups is 1. The predicted octanol–water partition coefficient (Wildman–Crippen LogP) is 1.60. The first-order valence-electron chi connectivity index (χ1n) is 9.13. The highest BCUT2D eigenvalue weighted by Gasteiger charge is 2.43. The molecule has 0 saturated heterocycles. The second-order valence-electron chi connectivity index (χ2n) is 7.13. The van der Waals surface area contributed by atoms with Gasteiger partial charge in [-0.2, -0.15) is 4.58 Å². The van der Waals surface area contributed by atoms with Gasteiger partial charge in [0.15, 0.2) is 5.71 Å². The lowest BCUT2D eigenvalue weighted by Crippen LogP contribution is -3.00. The molecule has 3 rings (SSSR count). The molecule has 0 saturated carbocycles. The number of hydrogen-bond donors (Lipinski definition) is 0. The average molecular weight is 491 g/mol. The van der Waals surface area contributed by atoms with Gasteiger partial charge in [-0.3, -0.25) is 0 Å². The Morgan fingerprint density at radius 2 is 1.79 bits per heavy atom. The van der Waals surface area contributed by atoms with Crippen molar-refractivity contribution >= 4 is 23.4 Å². The molecule has 0 unspecified atom stereocenters. The van der Waals surface area contributed by atoms with Crippen LogP contribution in [0.3, 0.4) is 0 Å². The number of esters is 1. The SMILES string of the molecule is CCOc1ccc(/C=C/C2=[N+](C)c3ccc(C(=O)OC)cc3C2(C)C)cc1.[I-]. The van der Waals surface area contributed by atoms with Gasteiger partial charge < -0.3 is 33.5 Å². The minimum Gasteiger partial charge on any atom is -1.00 e. The van der Waals surface area contributed by atoms with Gasteiger partial charge in [-0.1, -0.05) is 12.1 Å². The quantitative estimate of drug-likeness (QED) is 0.363. The molecule has 2 aromatic carbocycles. The number of nitrogens with zero attached hydrogens (tertiary/aromatic N) is 1. The van der Waals surface area contributed by atoms with Crippen molar-refractivity contribution in [1.29, 1.82) is 0 Å². The van der Waals surface area contributed by atoms with E-state index in [0.717, 1.165) is 22.6 Å². The van der Waals surface area contributed by atoms with E-state index < -0.39 is 0 Å². The third-order valence-electron chi connectivity index (χ3n) is 5.08. The monoisotopic (exact) mass is 491 g/mol. The topological polar surface area (TPSA) is 38.5 Å². The van der Waals surface area contributed by atoms with Crippen LogP contribution in [-0.4, -0.2) is 37.0 Å². The van der Waals surface area contributed by atoms with E-state index in [9.17, 15) is 4.79 Å². The highest BCUT2D eigenvalue weighted by Crippen LogP contribution is 2.40. The summed E-state index contributed by atoms with van der Waals surface area (Å²) in [5.41, 5.74) is 4.89. The Kier molecular flexibility index (Phi) is 7.04. The first-order chi connectivity index (χ1) is 12.9. The molecule has 0 spiro atoms. The molecule has 0 fully saturated rings. The molecule has 1 heterocycles. The third kappa shape index (κ3) is 4.14. The zero-order chi connectivity index (χ0) is 19.6. The molecule has 148 valence electrons. The van der Waals surface area contributed by atoms with Crippen LogP contribution < -0.4 is 28.7 Å². The van der Waals surface area contributed by atoms with Crippen LogP contribution in [-0.2, 0) is 10.2 Å². The predicted molar refractivity (Wildman–Crippen MR) is 108 cm³/mol. The number of hydrogen-bond acceptors (Lipinski definition) is 3. The van der Waals surface area contributed by atoms with Crippen molar-refractivity contribution in [3.63, 3.8) is 0 Å². The minimum absolute atomic E-state index is 0. The molecule has 0 bridgehead atoms. The lowest BCUT2D eigenvalue weighted by Gasteiger charge is -2.16. The average Bonchev–Trinajstić information content (AvgIpc) is 2.86. The molecule has 2 aromatic rings. The Morgan fingerprint density at radius 3 is 2.39 bits per heavy atom. The molecule has 0 N–H and O–H groups in total. The van der Waals surface area contributed by atoms with E-state index in [1.807, 2.05) is 49.4 Å². The number of rotatable bonds is 5. The largest absolute Gasteiger partial charge is 1.00 e. The van der Waals surface area contributed by atoms with Gasteiger partial charge in [0.2, 0.25) is 5.69 Å². The van der Waals surface area contributed by atoms with Gasteiger partial charge in [0.1, 0.15) is 12.8 Å². The molecule has 4 nitrogen and oxygen atoms in total. The van der Waals surface area contributed by atoms with Crippen LogP contribution in [0, 0.1) is 0 Å². The van der Waals surface area contributed by atoms with Crippen molar-refractivity contribution in [3.8, 4) is 5.75 Å². The van der Waals surface area contributed by atoms with E-state index in [1.165, 1.54) is 12.8 Å². The molecule has 0 amide bonds. The molecule has 0 aliphatic carbocycles. The van der Waals surface area contributed by atoms with Crippen molar-refractivity contribution in [2.24, 2.45) is 0 Å². The van der Waals surface area contributed by atoms with Gasteiger partial charge in [0, 0.05) is 17.7 Å². The molecule has 1 aliphatic heterocycles. The van der Waals surface area contributed by atoms with Crippen molar-refractivity contribution in [1.82, 2.24) is 0 Å². The Hall–Kier alpha value is -2.15. The number of methoxy groups -OCH3 is 1. The number of halogens is 1. The lowest BCUT2D eigenvalue weighted by molar-refractivity contribution is -0.401. The first-order valence-corrected chi connectivity index (χ1v) is 9.13. The molecule has 1 aliphatic rings. The zero-order valence-corrected chi connectivity index (χ0v) is 19.1. The maximum Gasteiger partial charge on any atom is 0.337 e. The summed E-state index contributed by atoms with van der Waals surface area (Å²) in [4.78, 5) is 11.9. The summed E-state index contributed by atoms with van der Waals surface area (Å²) < 4.78 is 12.5. The Balaban J connectivity index is 0.00000280. The van der Waals surface area contributed by atoms with Crippen molar-refractivity contribution in [2.45, 2.75) is 26.2 Å². The van der Waals surface area contributed by atoms with E-state index in [2.05, 4.69) is 37.6 Å². The summed E-state index contributed by atoms with van der Waals surface area (Å²) in [5.74, 6) is 0.568. The van der Waals surface area contributed by atoms with E-state index in [1.54, 1.807) is 0 Å². The Morgan fingerprint density at radius 1 is 1.11 bits per heavy atom. The summed E-state index contributed by atoms with van der Waals surface area (Å²) in [6, 6.07) is 13.8. The molecular weight excluding hydrogens is 465 g/mol. The van der Waals surface area contributed by atoms with Gasteiger partial charge >= 0.3 is 5.97 Å². The Bertz CT molecular complexity index is 927. The summed E-state index contributed by atoms with van der Waals surface area (Å²) in [7, 11) is 3.47. The van der Waals surface area contributed by atoms with Gasteiger partial charge in [-0.05, 0) is 56.7 Å². The van der Waals surface area contributed by atoms with Gasteiger partial charge in [0.05, 0.1) is 24.7 Å².